The Hall–Kier alpha value is -2.49. The molecular weight excluding hydrogens is 442 g/mol. The fourth-order valence-electron chi connectivity index (χ4n) is 3.52. The largest absolute Gasteiger partial charge is 0.351 e. The first-order valence-electron chi connectivity index (χ1n) is 10.1. The zero-order valence-electron chi connectivity index (χ0n) is 16.9. The normalized spacial score (nSPS) is 15.3. The summed E-state index contributed by atoms with van der Waals surface area (Å²) in [7, 11) is -3.50. The molecule has 0 unspecified atom stereocenters. The minimum absolute atomic E-state index is 0.0618. The molecule has 1 saturated heterocycles. The van der Waals surface area contributed by atoms with Gasteiger partial charge in [0.25, 0.3) is 11.6 Å². The maximum atomic E-state index is 12.8. The number of halogens is 1. The van der Waals surface area contributed by atoms with Gasteiger partial charge in [-0.05, 0) is 49.1 Å². The van der Waals surface area contributed by atoms with Gasteiger partial charge < -0.3 is 5.32 Å². The summed E-state index contributed by atoms with van der Waals surface area (Å²) in [4.78, 5) is 23.1. The lowest BCUT2D eigenvalue weighted by atomic mass is 10.1. The predicted octanol–water partition coefficient (Wildman–Crippen LogP) is 3.79. The lowest BCUT2D eigenvalue weighted by Gasteiger charge is -2.20. The van der Waals surface area contributed by atoms with Crippen molar-refractivity contribution >= 4 is 33.2 Å². The zero-order valence-corrected chi connectivity index (χ0v) is 18.5. The molecule has 1 heterocycles. The van der Waals surface area contributed by atoms with Crippen molar-refractivity contribution in [1.29, 1.82) is 0 Å². The van der Waals surface area contributed by atoms with Crippen molar-refractivity contribution in [2.75, 3.05) is 19.6 Å². The van der Waals surface area contributed by atoms with Crippen LogP contribution in [-0.2, 0) is 16.4 Å². The zero-order chi connectivity index (χ0) is 22.4. The van der Waals surface area contributed by atoms with E-state index < -0.39 is 20.9 Å². The molecule has 31 heavy (non-hydrogen) atoms. The molecule has 2 aromatic rings. The summed E-state index contributed by atoms with van der Waals surface area (Å²) >= 11 is 5.77. The van der Waals surface area contributed by atoms with Gasteiger partial charge in [0, 0.05) is 30.7 Å². The number of rotatable bonds is 7. The first-order chi connectivity index (χ1) is 14.8. The van der Waals surface area contributed by atoms with Gasteiger partial charge in [-0.25, -0.2) is 8.42 Å². The average Bonchev–Trinajstić information content (AvgIpc) is 3.04. The van der Waals surface area contributed by atoms with E-state index in [0.29, 0.717) is 19.5 Å². The van der Waals surface area contributed by atoms with Crippen LogP contribution < -0.4 is 5.32 Å². The molecule has 0 aliphatic carbocycles. The third-order valence-corrected chi connectivity index (χ3v) is 7.37. The monoisotopic (exact) mass is 465 g/mol. The Morgan fingerprint density at radius 2 is 1.71 bits per heavy atom. The van der Waals surface area contributed by atoms with Crippen molar-refractivity contribution in [3.8, 4) is 0 Å². The van der Waals surface area contributed by atoms with Crippen molar-refractivity contribution in [2.45, 2.75) is 37.0 Å². The molecule has 0 saturated carbocycles. The molecule has 0 aromatic heterocycles. The first kappa shape index (κ1) is 23.2. The van der Waals surface area contributed by atoms with Crippen molar-refractivity contribution in [2.24, 2.45) is 0 Å². The summed E-state index contributed by atoms with van der Waals surface area (Å²) in [6, 6.07) is 10.5. The Kier molecular flexibility index (Phi) is 7.64. The molecule has 0 bridgehead atoms. The number of carbonyl (C=O) groups excluding carboxylic acids is 1. The van der Waals surface area contributed by atoms with Crippen molar-refractivity contribution in [1.82, 2.24) is 9.62 Å². The van der Waals surface area contributed by atoms with Crippen LogP contribution >= 0.6 is 11.6 Å². The summed E-state index contributed by atoms with van der Waals surface area (Å²) < 4.78 is 27.2. The number of hydrogen-bond donors (Lipinski definition) is 1. The number of nitro groups is 1. The first-order valence-corrected chi connectivity index (χ1v) is 11.9. The van der Waals surface area contributed by atoms with Crippen LogP contribution in [-0.4, -0.2) is 43.2 Å². The van der Waals surface area contributed by atoms with E-state index in [1.165, 1.54) is 12.1 Å². The van der Waals surface area contributed by atoms with Gasteiger partial charge in [0.1, 0.15) is 5.56 Å². The van der Waals surface area contributed by atoms with Gasteiger partial charge in [-0.1, -0.05) is 36.6 Å². The van der Waals surface area contributed by atoms with E-state index in [1.807, 2.05) is 0 Å². The second-order valence-electron chi connectivity index (χ2n) is 7.39. The van der Waals surface area contributed by atoms with Crippen LogP contribution in [0.2, 0.25) is 5.02 Å². The molecule has 10 heteroatoms. The van der Waals surface area contributed by atoms with Gasteiger partial charge >= 0.3 is 0 Å². The Bertz CT molecular complexity index is 1050. The third kappa shape index (κ3) is 5.81. The minimum atomic E-state index is -3.50. The number of hydrogen-bond acceptors (Lipinski definition) is 5. The summed E-state index contributed by atoms with van der Waals surface area (Å²) in [5.41, 5.74) is 0.432. The Balaban J connectivity index is 1.60. The minimum Gasteiger partial charge on any atom is -0.351 e. The highest BCUT2D eigenvalue weighted by Crippen LogP contribution is 2.23. The summed E-state index contributed by atoms with van der Waals surface area (Å²) in [5.74, 6) is -0.566. The van der Waals surface area contributed by atoms with Crippen molar-refractivity contribution < 1.29 is 18.1 Å². The van der Waals surface area contributed by atoms with Crippen LogP contribution in [0.5, 0.6) is 0 Å². The van der Waals surface area contributed by atoms with E-state index >= 15 is 0 Å². The molecule has 1 N–H and O–H groups in total. The van der Waals surface area contributed by atoms with Crippen LogP contribution in [0, 0.1) is 10.1 Å². The topological polar surface area (TPSA) is 110 Å². The standard InChI is InChI=1S/C21H24ClN3O5S/c22-17-7-10-19(20(15-17)25(27)28)21(26)23-12-11-16-5-8-18(9-6-16)31(29,30)24-13-3-1-2-4-14-24/h5-10,15H,1-4,11-14H2,(H,23,26). The highest BCUT2D eigenvalue weighted by molar-refractivity contribution is 7.89. The molecule has 166 valence electrons. The Labute approximate surface area is 186 Å². The molecule has 1 fully saturated rings. The maximum Gasteiger partial charge on any atom is 0.283 e. The maximum absolute atomic E-state index is 12.8. The molecule has 0 radical (unpaired) electrons. The highest BCUT2D eigenvalue weighted by atomic mass is 35.5. The van der Waals surface area contributed by atoms with E-state index in [9.17, 15) is 23.3 Å². The SMILES string of the molecule is O=C(NCCc1ccc(S(=O)(=O)N2CCCCCC2)cc1)c1ccc(Cl)cc1[N+](=O)[O-]. The highest BCUT2D eigenvalue weighted by Gasteiger charge is 2.25. The van der Waals surface area contributed by atoms with Crippen LogP contribution in [0.25, 0.3) is 0 Å². The van der Waals surface area contributed by atoms with Crippen molar-refractivity contribution in [3.05, 3.63) is 68.7 Å². The van der Waals surface area contributed by atoms with E-state index in [0.717, 1.165) is 37.3 Å². The van der Waals surface area contributed by atoms with Gasteiger partial charge in [-0.15, -0.1) is 0 Å². The van der Waals surface area contributed by atoms with Crippen molar-refractivity contribution in [3.63, 3.8) is 0 Å². The number of sulfonamides is 1. The number of nitrogens with one attached hydrogen (secondary N) is 1. The molecular formula is C21H24ClN3O5S. The van der Waals surface area contributed by atoms with E-state index in [4.69, 9.17) is 11.6 Å². The lowest BCUT2D eigenvalue weighted by Crippen LogP contribution is -2.31. The smallest absolute Gasteiger partial charge is 0.283 e. The van der Waals surface area contributed by atoms with Crippen LogP contribution in [0.15, 0.2) is 47.4 Å². The molecule has 1 aliphatic rings. The number of amides is 1. The number of carbonyl (C=O) groups is 1. The molecule has 2 aromatic carbocycles. The average molecular weight is 466 g/mol. The van der Waals surface area contributed by atoms with Gasteiger partial charge in [0.15, 0.2) is 0 Å². The van der Waals surface area contributed by atoms with Gasteiger partial charge in [0.05, 0.1) is 9.82 Å². The number of nitrogens with zero attached hydrogens (tertiary/aromatic N) is 2. The summed E-state index contributed by atoms with van der Waals surface area (Å²) in [6.07, 6.45) is 4.31. The number of benzene rings is 2. The molecule has 1 amide bonds. The fraction of sp³-hybridized carbons (Fsp3) is 0.381. The van der Waals surface area contributed by atoms with E-state index in [2.05, 4.69) is 5.32 Å². The van der Waals surface area contributed by atoms with Gasteiger partial charge in [0.2, 0.25) is 10.0 Å². The van der Waals surface area contributed by atoms with Gasteiger partial charge in [-0.3, -0.25) is 14.9 Å². The summed E-state index contributed by atoms with van der Waals surface area (Å²) in [6.45, 7) is 1.34. The fourth-order valence-corrected chi connectivity index (χ4v) is 5.21. The molecule has 8 nitrogen and oxygen atoms in total. The molecule has 0 spiro atoms. The Morgan fingerprint density at radius 3 is 2.32 bits per heavy atom. The summed E-state index contributed by atoms with van der Waals surface area (Å²) in [5, 5.41) is 14.0. The molecule has 3 rings (SSSR count). The van der Waals surface area contributed by atoms with E-state index in [-0.39, 0.29) is 27.7 Å². The van der Waals surface area contributed by atoms with Crippen LogP contribution in [0.3, 0.4) is 0 Å². The van der Waals surface area contributed by atoms with Crippen LogP contribution in [0.1, 0.15) is 41.6 Å². The number of nitro benzene ring substituents is 1. The molecule has 1 aliphatic heterocycles. The third-order valence-electron chi connectivity index (χ3n) is 5.23. The lowest BCUT2D eigenvalue weighted by molar-refractivity contribution is -0.385. The Morgan fingerprint density at radius 1 is 1.06 bits per heavy atom. The predicted molar refractivity (Wildman–Crippen MR) is 118 cm³/mol. The van der Waals surface area contributed by atoms with Crippen LogP contribution in [0.4, 0.5) is 5.69 Å². The second kappa shape index (κ2) is 10.2. The van der Waals surface area contributed by atoms with E-state index in [1.54, 1.807) is 28.6 Å². The van der Waals surface area contributed by atoms with Gasteiger partial charge in [-0.2, -0.15) is 4.31 Å². The quantitative estimate of drug-likeness (QED) is 0.494. The second-order valence-corrected chi connectivity index (χ2v) is 9.76. The molecule has 0 atom stereocenters.